The lowest BCUT2D eigenvalue weighted by Crippen LogP contribution is -2.55. The Bertz CT molecular complexity index is 1200. The lowest BCUT2D eigenvalue weighted by atomic mass is 9.84. The van der Waals surface area contributed by atoms with E-state index in [-0.39, 0.29) is 24.1 Å². The van der Waals surface area contributed by atoms with Gasteiger partial charge in [0.05, 0.1) is 11.1 Å². The van der Waals surface area contributed by atoms with Crippen LogP contribution in [-0.2, 0) is 12.4 Å². The van der Waals surface area contributed by atoms with Gasteiger partial charge in [-0.15, -0.1) is 5.06 Å². The minimum Gasteiger partial charge on any atom is -0.490 e. The highest BCUT2D eigenvalue weighted by Crippen LogP contribution is 2.41. The van der Waals surface area contributed by atoms with Gasteiger partial charge in [0.15, 0.2) is 0 Å². The Morgan fingerprint density at radius 2 is 1.43 bits per heavy atom. The molecule has 0 unspecified atom stereocenters. The van der Waals surface area contributed by atoms with Crippen molar-refractivity contribution in [2.75, 3.05) is 0 Å². The van der Waals surface area contributed by atoms with E-state index in [2.05, 4.69) is 4.98 Å². The average Bonchev–Trinajstić information content (AvgIpc) is 2.84. The van der Waals surface area contributed by atoms with Crippen LogP contribution in [0.5, 0.6) is 11.6 Å². The van der Waals surface area contributed by atoms with Crippen molar-refractivity contribution >= 4 is 0 Å². The number of ether oxygens (including phenoxy) is 1. The van der Waals surface area contributed by atoms with Crippen LogP contribution < -0.4 is 9.57 Å². The molecular weight excluding hydrogens is 498 g/mol. The predicted molar refractivity (Wildman–Crippen MR) is 124 cm³/mol. The lowest BCUT2D eigenvalue weighted by Gasteiger charge is -2.46. The van der Waals surface area contributed by atoms with Crippen molar-refractivity contribution in [1.29, 1.82) is 0 Å². The summed E-state index contributed by atoms with van der Waals surface area (Å²) in [6.45, 7) is 0. The highest BCUT2D eigenvalue weighted by Gasteiger charge is 2.42. The zero-order chi connectivity index (χ0) is 26.2. The largest absolute Gasteiger partial charge is 0.490 e. The number of benzene rings is 2. The summed E-state index contributed by atoms with van der Waals surface area (Å²) in [5.41, 5.74) is -0.605. The Balaban J connectivity index is 1.33. The van der Waals surface area contributed by atoms with Gasteiger partial charge in [0.1, 0.15) is 11.9 Å². The first-order chi connectivity index (χ1) is 17.6. The van der Waals surface area contributed by atoms with Crippen molar-refractivity contribution in [2.24, 2.45) is 0 Å². The fourth-order valence-corrected chi connectivity index (χ4v) is 5.08. The molecule has 2 saturated heterocycles. The molecule has 37 heavy (non-hydrogen) atoms. The molecule has 0 saturated carbocycles. The number of hydrogen-bond donors (Lipinski definition) is 0. The SMILES string of the molecule is FC(F)(F)c1ccc(ON2[C@@H]3CCC[C@@H]2CC(Oc2ccc(C(F)(F)F)cc2-c2ccccc2)C3)nc1. The van der Waals surface area contributed by atoms with E-state index in [0.29, 0.717) is 29.7 Å². The third-order valence-electron chi connectivity index (χ3n) is 6.81. The molecular formula is C27H24F6N2O2. The van der Waals surface area contributed by atoms with Crippen molar-refractivity contribution in [3.63, 3.8) is 0 Å². The van der Waals surface area contributed by atoms with Gasteiger partial charge < -0.3 is 9.57 Å². The molecule has 0 N–H and O–H groups in total. The molecule has 2 bridgehead atoms. The highest BCUT2D eigenvalue weighted by atomic mass is 19.4. The molecule has 3 heterocycles. The molecule has 2 aliphatic rings. The van der Waals surface area contributed by atoms with Crippen molar-refractivity contribution in [3.05, 3.63) is 78.0 Å². The zero-order valence-corrected chi connectivity index (χ0v) is 19.6. The molecule has 5 rings (SSSR count). The van der Waals surface area contributed by atoms with E-state index in [9.17, 15) is 26.3 Å². The zero-order valence-electron chi connectivity index (χ0n) is 19.6. The maximum absolute atomic E-state index is 13.4. The fourth-order valence-electron chi connectivity index (χ4n) is 5.08. The van der Waals surface area contributed by atoms with E-state index >= 15 is 0 Å². The monoisotopic (exact) mass is 522 g/mol. The number of hydrogen-bond acceptors (Lipinski definition) is 4. The molecule has 3 aromatic rings. The number of alkyl halides is 6. The summed E-state index contributed by atoms with van der Waals surface area (Å²) in [6, 6.07) is 14.3. The summed E-state index contributed by atoms with van der Waals surface area (Å²) in [6.07, 6.45) is -4.77. The van der Waals surface area contributed by atoms with Crippen LogP contribution >= 0.6 is 0 Å². The van der Waals surface area contributed by atoms with Crippen LogP contribution in [0.25, 0.3) is 11.1 Å². The summed E-state index contributed by atoms with van der Waals surface area (Å²) in [7, 11) is 0. The van der Waals surface area contributed by atoms with Gasteiger partial charge in [0, 0.05) is 42.8 Å². The number of fused-ring (bicyclic) bond motifs is 2. The summed E-state index contributed by atoms with van der Waals surface area (Å²) < 4.78 is 85.1. The maximum atomic E-state index is 13.4. The number of piperidine rings is 2. The smallest absolute Gasteiger partial charge is 0.417 e. The highest BCUT2D eigenvalue weighted by molar-refractivity contribution is 5.71. The van der Waals surface area contributed by atoms with Gasteiger partial charge in [-0.3, -0.25) is 0 Å². The Labute approximate surface area is 209 Å². The quantitative estimate of drug-likeness (QED) is 0.324. The van der Waals surface area contributed by atoms with Crippen molar-refractivity contribution < 1.29 is 35.9 Å². The molecule has 0 aliphatic carbocycles. The lowest BCUT2D eigenvalue weighted by molar-refractivity contribution is -0.185. The van der Waals surface area contributed by atoms with E-state index in [1.807, 2.05) is 0 Å². The Morgan fingerprint density at radius 3 is 2.03 bits per heavy atom. The van der Waals surface area contributed by atoms with Gasteiger partial charge >= 0.3 is 12.4 Å². The molecule has 0 radical (unpaired) electrons. The normalized spacial score (nSPS) is 22.5. The molecule has 0 spiro atoms. The van der Waals surface area contributed by atoms with Gasteiger partial charge in [0.25, 0.3) is 0 Å². The summed E-state index contributed by atoms with van der Waals surface area (Å²) >= 11 is 0. The molecule has 10 heteroatoms. The molecule has 196 valence electrons. The first kappa shape index (κ1) is 25.4. The van der Waals surface area contributed by atoms with Crippen LogP contribution in [0.2, 0.25) is 0 Å². The third kappa shape index (κ3) is 5.69. The van der Waals surface area contributed by atoms with Gasteiger partial charge in [-0.05, 0) is 42.7 Å². The van der Waals surface area contributed by atoms with E-state index in [0.717, 1.165) is 43.7 Å². The maximum Gasteiger partial charge on any atom is 0.417 e. The second-order valence-electron chi connectivity index (χ2n) is 9.36. The van der Waals surface area contributed by atoms with Gasteiger partial charge in [-0.2, -0.15) is 26.3 Å². The van der Waals surface area contributed by atoms with E-state index in [1.54, 1.807) is 35.4 Å². The Hall–Kier alpha value is -3.27. The van der Waals surface area contributed by atoms with Crippen molar-refractivity contribution in [2.45, 2.75) is 62.6 Å². The molecule has 4 nitrogen and oxygen atoms in total. The van der Waals surface area contributed by atoms with Crippen molar-refractivity contribution in [3.8, 4) is 22.8 Å². The number of aromatic nitrogens is 1. The number of halogens is 6. The van der Waals surface area contributed by atoms with E-state index in [1.165, 1.54) is 12.1 Å². The average molecular weight is 522 g/mol. The van der Waals surface area contributed by atoms with Crippen molar-refractivity contribution in [1.82, 2.24) is 10.0 Å². The van der Waals surface area contributed by atoms with Crippen LogP contribution in [0.4, 0.5) is 26.3 Å². The van der Waals surface area contributed by atoms with E-state index in [4.69, 9.17) is 9.57 Å². The minimum atomic E-state index is -4.48. The summed E-state index contributed by atoms with van der Waals surface area (Å²) in [5, 5.41) is 1.80. The Morgan fingerprint density at radius 1 is 0.784 bits per heavy atom. The molecule has 2 aliphatic heterocycles. The number of pyridine rings is 1. The van der Waals surface area contributed by atoms with Crippen LogP contribution in [-0.4, -0.2) is 28.2 Å². The van der Waals surface area contributed by atoms with Crippen LogP contribution in [0.15, 0.2) is 66.9 Å². The molecule has 2 fully saturated rings. The summed E-state index contributed by atoms with van der Waals surface area (Å²) in [5.74, 6) is 0.458. The van der Waals surface area contributed by atoms with Crippen LogP contribution in [0.1, 0.15) is 43.2 Å². The molecule has 2 atom stereocenters. The minimum absolute atomic E-state index is 0.0591. The van der Waals surface area contributed by atoms with E-state index < -0.39 is 23.5 Å². The number of hydroxylamine groups is 2. The molecule has 2 aromatic carbocycles. The number of nitrogens with zero attached hydrogens (tertiary/aromatic N) is 2. The fraction of sp³-hybridized carbons (Fsp3) is 0.370. The standard InChI is InChI=1S/C27H24F6N2O2/c28-26(29,30)18-9-11-24(23(13-18)17-5-2-1-3-6-17)36-22-14-20-7-4-8-21(15-22)35(20)37-25-12-10-19(16-34-25)27(31,32)33/h1-3,5-6,9-13,16,20-22H,4,7-8,14-15H2/t20-,21-/m1/s1. The second-order valence-corrected chi connectivity index (χ2v) is 9.36. The number of rotatable bonds is 5. The van der Waals surface area contributed by atoms with Gasteiger partial charge in [-0.1, -0.05) is 36.8 Å². The Kier molecular flexibility index (Phi) is 6.78. The topological polar surface area (TPSA) is 34.6 Å². The van der Waals surface area contributed by atoms with Gasteiger partial charge in [0.2, 0.25) is 5.88 Å². The predicted octanol–water partition coefficient (Wildman–Crippen LogP) is 7.54. The van der Waals surface area contributed by atoms with Crippen LogP contribution in [0.3, 0.4) is 0 Å². The van der Waals surface area contributed by atoms with Gasteiger partial charge in [-0.25, -0.2) is 4.98 Å². The second kappa shape index (κ2) is 9.89. The first-order valence-electron chi connectivity index (χ1n) is 12.0. The van der Waals surface area contributed by atoms with Crippen LogP contribution in [0, 0.1) is 0 Å². The molecule has 0 amide bonds. The summed E-state index contributed by atoms with van der Waals surface area (Å²) in [4.78, 5) is 9.73. The third-order valence-corrected chi connectivity index (χ3v) is 6.81. The first-order valence-corrected chi connectivity index (χ1v) is 12.0. The molecule has 1 aromatic heterocycles.